The zero-order chi connectivity index (χ0) is 20.5. The largest absolute Gasteiger partial charge is 0.506 e. The van der Waals surface area contributed by atoms with Gasteiger partial charge in [-0.2, -0.15) is 0 Å². The minimum Gasteiger partial charge on any atom is -0.506 e. The van der Waals surface area contributed by atoms with Crippen molar-refractivity contribution in [1.29, 1.82) is 0 Å². The van der Waals surface area contributed by atoms with E-state index in [1.807, 2.05) is 17.6 Å². The standard InChI is InChI=1S/C20H16ClN3O4S/c1-3-5-24-19(13-4-6-27-11(13)2)22-23-20(24)29-10-12-7-18(26)28-17-9-16(25)15(21)8-14(12)17/h3-4,6-9,25H,1,5,10H2,2H3. The highest BCUT2D eigenvalue weighted by molar-refractivity contribution is 7.98. The number of allylic oxidation sites excluding steroid dienone is 1. The third kappa shape index (κ3) is 3.68. The lowest BCUT2D eigenvalue weighted by Crippen LogP contribution is -2.02. The smallest absolute Gasteiger partial charge is 0.336 e. The second-order valence-corrected chi connectivity index (χ2v) is 7.62. The number of hydrogen-bond donors (Lipinski definition) is 1. The second kappa shape index (κ2) is 7.81. The molecule has 1 N–H and O–H groups in total. The minimum absolute atomic E-state index is 0.141. The molecule has 0 atom stereocenters. The number of aromatic hydroxyl groups is 1. The third-order valence-electron chi connectivity index (χ3n) is 4.38. The van der Waals surface area contributed by atoms with Crippen LogP contribution in [0.4, 0.5) is 0 Å². The van der Waals surface area contributed by atoms with E-state index in [1.54, 1.807) is 18.4 Å². The number of rotatable bonds is 6. The van der Waals surface area contributed by atoms with Crippen LogP contribution in [-0.4, -0.2) is 19.9 Å². The number of halogens is 1. The zero-order valence-electron chi connectivity index (χ0n) is 15.4. The summed E-state index contributed by atoms with van der Waals surface area (Å²) in [6, 6.07) is 6.18. The second-order valence-electron chi connectivity index (χ2n) is 6.28. The number of nitrogens with zero attached hydrogens (tertiary/aromatic N) is 3. The van der Waals surface area contributed by atoms with Gasteiger partial charge in [-0.1, -0.05) is 29.4 Å². The zero-order valence-corrected chi connectivity index (χ0v) is 17.0. The van der Waals surface area contributed by atoms with Gasteiger partial charge in [-0.05, 0) is 24.6 Å². The summed E-state index contributed by atoms with van der Waals surface area (Å²) in [5.74, 6) is 1.73. The van der Waals surface area contributed by atoms with E-state index in [2.05, 4.69) is 16.8 Å². The number of phenols is 1. The minimum atomic E-state index is -0.503. The molecule has 0 saturated carbocycles. The molecule has 0 aliphatic heterocycles. The molecular weight excluding hydrogens is 414 g/mol. The Labute approximate surface area is 174 Å². The number of thioether (sulfide) groups is 1. The van der Waals surface area contributed by atoms with E-state index in [9.17, 15) is 9.90 Å². The van der Waals surface area contributed by atoms with Crippen molar-refractivity contribution in [1.82, 2.24) is 14.8 Å². The normalized spacial score (nSPS) is 11.2. The Bertz CT molecular complexity index is 1270. The van der Waals surface area contributed by atoms with Crippen LogP contribution in [0, 0.1) is 6.92 Å². The molecule has 0 saturated heterocycles. The number of furan rings is 1. The average Bonchev–Trinajstić information content (AvgIpc) is 3.27. The molecule has 7 nitrogen and oxygen atoms in total. The van der Waals surface area contributed by atoms with Crippen molar-refractivity contribution in [3.8, 4) is 17.1 Å². The van der Waals surface area contributed by atoms with Gasteiger partial charge >= 0.3 is 5.63 Å². The average molecular weight is 430 g/mol. The first-order valence-electron chi connectivity index (χ1n) is 8.64. The van der Waals surface area contributed by atoms with Gasteiger partial charge in [0, 0.05) is 29.8 Å². The molecule has 4 rings (SSSR count). The van der Waals surface area contributed by atoms with Crippen LogP contribution in [-0.2, 0) is 12.3 Å². The Morgan fingerprint density at radius 1 is 1.34 bits per heavy atom. The number of aromatic nitrogens is 3. The van der Waals surface area contributed by atoms with Crippen LogP contribution in [0.25, 0.3) is 22.4 Å². The highest BCUT2D eigenvalue weighted by atomic mass is 35.5. The first-order valence-corrected chi connectivity index (χ1v) is 10.0. The Morgan fingerprint density at radius 2 is 2.17 bits per heavy atom. The van der Waals surface area contributed by atoms with Gasteiger partial charge in [0.05, 0.1) is 16.8 Å². The van der Waals surface area contributed by atoms with Gasteiger partial charge in [-0.3, -0.25) is 4.57 Å². The van der Waals surface area contributed by atoms with E-state index >= 15 is 0 Å². The van der Waals surface area contributed by atoms with Crippen LogP contribution >= 0.6 is 23.4 Å². The fourth-order valence-corrected chi connectivity index (χ4v) is 4.11. The molecule has 29 heavy (non-hydrogen) atoms. The predicted molar refractivity (Wildman–Crippen MR) is 111 cm³/mol. The maximum atomic E-state index is 11.9. The van der Waals surface area contributed by atoms with Crippen molar-refractivity contribution in [2.45, 2.75) is 24.4 Å². The molecule has 3 heterocycles. The molecular formula is C20H16ClN3O4S. The van der Waals surface area contributed by atoms with Crippen LogP contribution in [0.5, 0.6) is 5.75 Å². The first-order chi connectivity index (χ1) is 14.0. The molecule has 148 valence electrons. The fraction of sp³-hybridized carbons (Fsp3) is 0.150. The monoisotopic (exact) mass is 429 g/mol. The van der Waals surface area contributed by atoms with Crippen LogP contribution < -0.4 is 5.63 Å². The fourth-order valence-electron chi connectivity index (χ4n) is 3.00. The predicted octanol–water partition coefficient (Wildman–Crippen LogP) is 4.79. The summed E-state index contributed by atoms with van der Waals surface area (Å²) in [6.07, 6.45) is 3.38. The first kappa shape index (κ1) is 19.4. The lowest BCUT2D eigenvalue weighted by atomic mass is 10.1. The molecule has 0 aliphatic carbocycles. The van der Waals surface area contributed by atoms with Gasteiger partial charge < -0.3 is 13.9 Å². The van der Waals surface area contributed by atoms with E-state index in [-0.39, 0.29) is 16.4 Å². The van der Waals surface area contributed by atoms with Crippen molar-refractivity contribution in [2.75, 3.05) is 0 Å². The van der Waals surface area contributed by atoms with E-state index in [4.69, 9.17) is 20.4 Å². The van der Waals surface area contributed by atoms with Gasteiger partial charge in [-0.25, -0.2) is 4.79 Å². The summed E-state index contributed by atoms with van der Waals surface area (Å²) in [6.45, 7) is 6.19. The van der Waals surface area contributed by atoms with Crippen molar-refractivity contribution < 1.29 is 13.9 Å². The van der Waals surface area contributed by atoms with Gasteiger partial charge in [0.25, 0.3) is 0 Å². The van der Waals surface area contributed by atoms with Crippen molar-refractivity contribution in [3.63, 3.8) is 0 Å². The van der Waals surface area contributed by atoms with E-state index in [0.29, 0.717) is 28.7 Å². The molecule has 0 radical (unpaired) electrons. The van der Waals surface area contributed by atoms with Crippen molar-refractivity contribution in [2.24, 2.45) is 0 Å². The topological polar surface area (TPSA) is 94.3 Å². The van der Waals surface area contributed by atoms with Gasteiger partial charge in [0.1, 0.15) is 17.1 Å². The van der Waals surface area contributed by atoms with E-state index in [0.717, 1.165) is 16.9 Å². The highest BCUT2D eigenvalue weighted by Crippen LogP contribution is 2.33. The van der Waals surface area contributed by atoms with E-state index < -0.39 is 5.63 Å². The highest BCUT2D eigenvalue weighted by Gasteiger charge is 2.18. The Kier molecular flexibility index (Phi) is 5.21. The SMILES string of the molecule is C=CCn1c(SCc2cc(=O)oc3cc(O)c(Cl)cc23)nnc1-c1ccoc1C. The maximum absolute atomic E-state index is 11.9. The number of aryl methyl sites for hydroxylation is 1. The Hall–Kier alpha value is -2.97. The molecule has 0 amide bonds. The number of fused-ring (bicyclic) bond motifs is 1. The summed E-state index contributed by atoms with van der Waals surface area (Å²) < 4.78 is 12.5. The van der Waals surface area contributed by atoms with Crippen LogP contribution in [0.15, 0.2) is 62.0 Å². The van der Waals surface area contributed by atoms with Crippen molar-refractivity contribution in [3.05, 3.63) is 70.0 Å². The van der Waals surface area contributed by atoms with E-state index in [1.165, 1.54) is 23.9 Å². The number of phenolic OH excluding ortho intramolecular Hbond substituents is 1. The summed E-state index contributed by atoms with van der Waals surface area (Å²) >= 11 is 7.46. The van der Waals surface area contributed by atoms with Gasteiger partial charge in [0.15, 0.2) is 11.0 Å². The van der Waals surface area contributed by atoms with Gasteiger partial charge in [-0.15, -0.1) is 16.8 Å². The Balaban J connectivity index is 1.70. The summed E-state index contributed by atoms with van der Waals surface area (Å²) in [7, 11) is 0. The van der Waals surface area contributed by atoms with Crippen LogP contribution in [0.2, 0.25) is 5.02 Å². The molecule has 0 fully saturated rings. The molecule has 0 unspecified atom stereocenters. The Morgan fingerprint density at radius 3 is 2.90 bits per heavy atom. The van der Waals surface area contributed by atoms with Crippen LogP contribution in [0.3, 0.4) is 0 Å². The third-order valence-corrected chi connectivity index (χ3v) is 5.70. The van der Waals surface area contributed by atoms with Gasteiger partial charge in [0.2, 0.25) is 0 Å². The summed E-state index contributed by atoms with van der Waals surface area (Å²) in [5, 5.41) is 19.9. The molecule has 9 heteroatoms. The number of benzene rings is 1. The number of hydrogen-bond acceptors (Lipinski definition) is 7. The quantitative estimate of drug-likeness (QED) is 0.267. The molecule has 4 aromatic rings. The molecule has 3 aromatic heterocycles. The summed E-state index contributed by atoms with van der Waals surface area (Å²) in [4.78, 5) is 11.9. The molecule has 0 aliphatic rings. The maximum Gasteiger partial charge on any atom is 0.336 e. The molecule has 0 spiro atoms. The summed E-state index contributed by atoms with van der Waals surface area (Å²) in [5.41, 5.74) is 1.35. The lowest BCUT2D eigenvalue weighted by Gasteiger charge is -2.09. The van der Waals surface area contributed by atoms with Crippen LogP contribution in [0.1, 0.15) is 11.3 Å². The van der Waals surface area contributed by atoms with Crippen molar-refractivity contribution >= 4 is 34.3 Å². The molecule has 1 aromatic carbocycles. The molecule has 0 bridgehead atoms. The lowest BCUT2D eigenvalue weighted by molar-refractivity contribution is 0.473.